The van der Waals surface area contributed by atoms with E-state index >= 15 is 0 Å². The molecule has 1 amide bonds. The molecule has 0 spiro atoms. The van der Waals surface area contributed by atoms with Crippen LogP contribution in [0.4, 0.5) is 0 Å². The maximum atomic E-state index is 11.3. The highest BCUT2D eigenvalue weighted by atomic mass is 16.4. The van der Waals surface area contributed by atoms with E-state index in [4.69, 9.17) is 15.9 Å². The summed E-state index contributed by atoms with van der Waals surface area (Å²) in [5.41, 5.74) is 5.04. The van der Waals surface area contributed by atoms with Crippen LogP contribution in [-0.2, 0) is 14.4 Å². The lowest BCUT2D eigenvalue weighted by molar-refractivity contribution is -0.144. The van der Waals surface area contributed by atoms with Crippen LogP contribution in [0.1, 0.15) is 6.92 Å². The van der Waals surface area contributed by atoms with Gasteiger partial charge in [0.1, 0.15) is 6.04 Å². The Bertz CT molecular complexity index is 266. The summed E-state index contributed by atoms with van der Waals surface area (Å²) < 4.78 is 0. The van der Waals surface area contributed by atoms with E-state index in [2.05, 4.69) is 0 Å². The van der Waals surface area contributed by atoms with Crippen molar-refractivity contribution in [3.05, 3.63) is 0 Å². The largest absolute Gasteiger partial charge is 0.480 e. The molecule has 5 N–H and O–H groups in total. The van der Waals surface area contributed by atoms with E-state index in [9.17, 15) is 14.4 Å². The molecule has 86 valence electrons. The van der Waals surface area contributed by atoms with Crippen molar-refractivity contribution in [3.8, 4) is 0 Å². The van der Waals surface area contributed by atoms with Gasteiger partial charge in [-0.15, -0.1) is 0 Å². The van der Waals surface area contributed by atoms with E-state index in [1.165, 1.54) is 6.92 Å². The fraction of sp³-hybridized carbons (Fsp3) is 0.625. The molecule has 0 bridgehead atoms. The lowest BCUT2D eigenvalue weighted by atomic mass is 10.1. The normalized spacial score (nSPS) is 14.1. The zero-order valence-electron chi connectivity index (χ0n) is 8.27. The lowest BCUT2D eigenvalue weighted by Crippen LogP contribution is -2.47. The molecule has 0 aliphatic heterocycles. The Hall–Kier alpha value is -1.47. The van der Waals surface area contributed by atoms with E-state index in [1.54, 1.807) is 0 Å². The molecule has 2 unspecified atom stereocenters. The summed E-state index contributed by atoms with van der Waals surface area (Å²) in [6.45, 7) is 0.302. The van der Waals surface area contributed by atoms with Crippen molar-refractivity contribution < 1.29 is 24.6 Å². The van der Waals surface area contributed by atoms with Crippen LogP contribution in [0.2, 0.25) is 0 Å². The fourth-order valence-electron chi connectivity index (χ4n) is 0.805. The monoisotopic (exact) mass is 218 g/mol. The van der Waals surface area contributed by atoms with Crippen LogP contribution in [0, 0.1) is 5.92 Å². The summed E-state index contributed by atoms with van der Waals surface area (Å²) in [7, 11) is 0. The molecule has 0 radical (unpaired) electrons. The van der Waals surface area contributed by atoms with Gasteiger partial charge in [0.05, 0.1) is 19.1 Å². The summed E-state index contributed by atoms with van der Waals surface area (Å²) >= 11 is 0. The van der Waals surface area contributed by atoms with E-state index < -0.39 is 36.2 Å². The van der Waals surface area contributed by atoms with Gasteiger partial charge in [0.2, 0.25) is 5.91 Å². The summed E-state index contributed by atoms with van der Waals surface area (Å²) in [6, 6.07) is -1.40. The van der Waals surface area contributed by atoms with Crippen LogP contribution in [0.15, 0.2) is 0 Å². The molecule has 7 heteroatoms. The maximum Gasteiger partial charge on any atom is 0.328 e. The highest BCUT2D eigenvalue weighted by Crippen LogP contribution is 1.97. The summed E-state index contributed by atoms with van der Waals surface area (Å²) in [6.07, 6.45) is 0. The molecule has 0 heterocycles. The van der Waals surface area contributed by atoms with E-state index in [0.717, 1.165) is 0 Å². The molecule has 0 saturated carbocycles. The zero-order valence-corrected chi connectivity index (χ0v) is 8.27. The molecule has 7 nitrogen and oxygen atoms in total. The second kappa shape index (κ2) is 6.10. The Morgan fingerprint density at radius 3 is 2.27 bits per heavy atom. The number of carbonyl (C=O) groups is 3. The van der Waals surface area contributed by atoms with Crippen molar-refractivity contribution in [3.63, 3.8) is 0 Å². The minimum atomic E-state index is -1.40. The number of aliphatic carboxylic acids is 1. The highest BCUT2D eigenvalue weighted by molar-refractivity contribution is 6.02. The molecule has 0 aromatic heterocycles. The van der Waals surface area contributed by atoms with E-state index in [-0.39, 0.29) is 6.54 Å². The number of hydrogen-bond donors (Lipinski definition) is 4. The second-order valence-corrected chi connectivity index (χ2v) is 2.97. The van der Waals surface area contributed by atoms with E-state index in [0.29, 0.717) is 0 Å². The van der Waals surface area contributed by atoms with Gasteiger partial charge in [0.25, 0.3) is 0 Å². The number of rotatable bonds is 6. The summed E-state index contributed by atoms with van der Waals surface area (Å²) in [5, 5.41) is 19.1. The van der Waals surface area contributed by atoms with Crippen molar-refractivity contribution in [2.24, 2.45) is 11.7 Å². The Labute approximate surface area is 86.3 Å². The number of ketones is 1. The first-order valence-corrected chi connectivity index (χ1v) is 4.30. The molecular formula is C8H14N2O5. The van der Waals surface area contributed by atoms with Gasteiger partial charge in [0, 0.05) is 0 Å². The topological polar surface area (TPSA) is 130 Å². The third-order valence-corrected chi connectivity index (χ3v) is 1.87. The van der Waals surface area contributed by atoms with Gasteiger partial charge in [-0.25, -0.2) is 4.79 Å². The van der Waals surface area contributed by atoms with Crippen LogP contribution < -0.4 is 11.1 Å². The number of aliphatic hydroxyl groups is 1. The smallest absolute Gasteiger partial charge is 0.328 e. The molecular weight excluding hydrogens is 204 g/mol. The quantitative estimate of drug-likeness (QED) is 0.371. The molecule has 2 atom stereocenters. The summed E-state index contributed by atoms with van der Waals surface area (Å²) in [4.78, 5) is 32.7. The number of hydrogen-bond acceptors (Lipinski definition) is 5. The molecule has 0 aliphatic carbocycles. The first-order chi connectivity index (χ1) is 6.93. The zero-order chi connectivity index (χ0) is 12.0. The van der Waals surface area contributed by atoms with Gasteiger partial charge >= 0.3 is 5.97 Å². The van der Waals surface area contributed by atoms with Gasteiger partial charge in [-0.2, -0.15) is 0 Å². The predicted molar refractivity (Wildman–Crippen MR) is 49.9 cm³/mol. The minimum Gasteiger partial charge on any atom is -0.480 e. The average Bonchev–Trinajstić information content (AvgIpc) is 2.22. The molecule has 15 heavy (non-hydrogen) atoms. The van der Waals surface area contributed by atoms with Crippen LogP contribution in [0.25, 0.3) is 0 Å². The number of carboxylic acids is 1. The first kappa shape index (κ1) is 13.5. The third kappa shape index (κ3) is 4.05. The van der Waals surface area contributed by atoms with Crippen molar-refractivity contribution in [1.29, 1.82) is 0 Å². The number of aliphatic hydroxyl groups excluding tert-OH is 1. The fourth-order valence-corrected chi connectivity index (χ4v) is 0.805. The van der Waals surface area contributed by atoms with Crippen LogP contribution in [0.5, 0.6) is 0 Å². The molecule has 0 aromatic rings. The Kier molecular flexibility index (Phi) is 5.50. The van der Waals surface area contributed by atoms with Crippen LogP contribution in [0.3, 0.4) is 0 Å². The molecule has 0 rings (SSSR count). The van der Waals surface area contributed by atoms with Crippen molar-refractivity contribution in [1.82, 2.24) is 5.32 Å². The van der Waals surface area contributed by atoms with Gasteiger partial charge < -0.3 is 21.3 Å². The number of carboxylic acid groups (broad SMARTS) is 1. The van der Waals surface area contributed by atoms with Gasteiger partial charge in [-0.1, -0.05) is 0 Å². The number of carbonyl (C=O) groups excluding carboxylic acids is 2. The highest BCUT2D eigenvalue weighted by Gasteiger charge is 2.25. The average molecular weight is 218 g/mol. The van der Waals surface area contributed by atoms with Crippen molar-refractivity contribution in [2.75, 3.05) is 13.2 Å². The van der Waals surface area contributed by atoms with Gasteiger partial charge in [-0.05, 0) is 6.92 Å². The molecule has 0 fully saturated rings. The van der Waals surface area contributed by atoms with Crippen molar-refractivity contribution >= 4 is 17.7 Å². The lowest BCUT2D eigenvalue weighted by Gasteiger charge is -2.14. The van der Waals surface area contributed by atoms with E-state index in [1.807, 2.05) is 5.32 Å². The Balaban J connectivity index is 4.34. The predicted octanol–water partition coefficient (Wildman–Crippen LogP) is -2.29. The number of amides is 1. The molecule has 0 aliphatic rings. The second-order valence-electron chi connectivity index (χ2n) is 2.97. The van der Waals surface area contributed by atoms with Crippen molar-refractivity contribution in [2.45, 2.75) is 13.0 Å². The Morgan fingerprint density at radius 2 is 1.93 bits per heavy atom. The number of nitrogens with one attached hydrogen (secondary N) is 1. The van der Waals surface area contributed by atoms with Gasteiger partial charge in [-0.3, -0.25) is 9.59 Å². The SMILES string of the molecule is CC(C(=O)CN)C(=O)NC(CO)C(=O)O. The van der Waals surface area contributed by atoms with Gasteiger partial charge in [0.15, 0.2) is 5.78 Å². The third-order valence-electron chi connectivity index (χ3n) is 1.87. The minimum absolute atomic E-state index is 0.286. The van der Waals surface area contributed by atoms with Crippen LogP contribution in [-0.4, -0.2) is 47.1 Å². The standard InChI is InChI=1S/C8H14N2O5/c1-4(6(12)2-9)7(13)10-5(3-11)8(14)15/h4-5,11H,2-3,9H2,1H3,(H,10,13)(H,14,15). The number of nitrogens with two attached hydrogens (primary N) is 1. The molecule has 0 saturated heterocycles. The maximum absolute atomic E-state index is 11.3. The molecule has 0 aromatic carbocycles. The first-order valence-electron chi connectivity index (χ1n) is 4.30. The Morgan fingerprint density at radius 1 is 1.40 bits per heavy atom. The number of Topliss-reactive ketones (excluding diaryl/α,β-unsaturated/α-hetero) is 1. The summed E-state index contributed by atoms with van der Waals surface area (Å²) in [5.74, 6) is -3.62. The van der Waals surface area contributed by atoms with Crippen LogP contribution >= 0.6 is 0 Å².